The molecular weight excluding hydrogens is 462 g/mol. The Hall–Kier alpha value is -3.39. The number of hydrogen-bond acceptors (Lipinski definition) is 6. The number of ether oxygens (including phenoxy) is 2. The average molecular weight is 480 g/mol. The number of nitrogens with zero attached hydrogens (tertiary/aromatic N) is 3. The summed E-state index contributed by atoms with van der Waals surface area (Å²) in [5.74, 6) is 1.58. The molecular formula is C23H18BrN3O4. The summed E-state index contributed by atoms with van der Waals surface area (Å²) in [7, 11) is 1.64. The Morgan fingerprint density at radius 3 is 2.55 bits per heavy atom. The lowest BCUT2D eigenvalue weighted by Crippen LogP contribution is -2.33. The molecule has 0 aliphatic carbocycles. The normalized spacial score (nSPS) is 19.2. The minimum Gasteiger partial charge on any atom is -0.497 e. The zero-order valence-corrected chi connectivity index (χ0v) is 18.2. The highest BCUT2D eigenvalue weighted by Gasteiger charge is 2.41. The Labute approximate surface area is 187 Å². The summed E-state index contributed by atoms with van der Waals surface area (Å²) in [5.41, 5.74) is 3.89. The van der Waals surface area contributed by atoms with Crippen LogP contribution in [0.1, 0.15) is 35.4 Å². The van der Waals surface area contributed by atoms with Crippen molar-refractivity contribution in [2.24, 2.45) is 5.10 Å². The van der Waals surface area contributed by atoms with Gasteiger partial charge >= 0.3 is 0 Å². The van der Waals surface area contributed by atoms with Crippen molar-refractivity contribution in [1.29, 1.82) is 0 Å². The maximum absolute atomic E-state index is 11.0. The van der Waals surface area contributed by atoms with Crippen molar-refractivity contribution in [3.05, 3.63) is 98.0 Å². The van der Waals surface area contributed by atoms with Crippen molar-refractivity contribution < 1.29 is 14.4 Å². The summed E-state index contributed by atoms with van der Waals surface area (Å²) in [4.78, 5) is 10.6. The standard InChI is InChI=1S/C23H18BrN3O4/c1-30-18-9-4-14(5-10-18)20-13-21-19-12-16(24)6-11-22(19)31-23(26(21)25-20)15-2-7-17(8-3-15)27(28)29/h2-12,21,23H,13H2,1H3/t21-,23-/m0/s1. The van der Waals surface area contributed by atoms with Crippen molar-refractivity contribution in [2.75, 3.05) is 7.11 Å². The number of halogens is 1. The molecule has 0 saturated heterocycles. The van der Waals surface area contributed by atoms with Crippen molar-refractivity contribution in [3.8, 4) is 11.5 Å². The lowest BCUT2D eigenvalue weighted by molar-refractivity contribution is -0.384. The highest BCUT2D eigenvalue weighted by atomic mass is 79.9. The Morgan fingerprint density at radius 2 is 1.87 bits per heavy atom. The van der Waals surface area contributed by atoms with Crippen LogP contribution >= 0.6 is 15.9 Å². The minimum absolute atomic E-state index is 0.00135. The third-order valence-electron chi connectivity index (χ3n) is 5.56. The molecule has 2 atom stereocenters. The zero-order chi connectivity index (χ0) is 21.5. The van der Waals surface area contributed by atoms with Crippen LogP contribution in [0.2, 0.25) is 0 Å². The van der Waals surface area contributed by atoms with Gasteiger partial charge in [-0.25, -0.2) is 5.01 Å². The van der Waals surface area contributed by atoms with Crippen molar-refractivity contribution in [1.82, 2.24) is 5.01 Å². The van der Waals surface area contributed by atoms with Crippen LogP contribution in [-0.2, 0) is 0 Å². The lowest BCUT2D eigenvalue weighted by Gasteiger charge is -2.38. The molecule has 0 spiro atoms. The van der Waals surface area contributed by atoms with Gasteiger partial charge in [-0.05, 0) is 60.2 Å². The quantitative estimate of drug-likeness (QED) is 0.359. The second-order valence-electron chi connectivity index (χ2n) is 7.38. The van der Waals surface area contributed by atoms with Crippen molar-refractivity contribution in [3.63, 3.8) is 0 Å². The van der Waals surface area contributed by atoms with Gasteiger partial charge in [-0.1, -0.05) is 15.9 Å². The number of rotatable bonds is 4. The van der Waals surface area contributed by atoms with Crippen LogP contribution < -0.4 is 9.47 Å². The number of hydrazone groups is 1. The van der Waals surface area contributed by atoms with Crippen molar-refractivity contribution >= 4 is 27.3 Å². The van der Waals surface area contributed by atoms with E-state index in [1.165, 1.54) is 12.1 Å². The Kier molecular flexibility index (Phi) is 4.86. The van der Waals surface area contributed by atoms with E-state index in [1.54, 1.807) is 19.2 Å². The molecule has 0 fully saturated rings. The summed E-state index contributed by atoms with van der Waals surface area (Å²) < 4.78 is 12.6. The van der Waals surface area contributed by atoms with Crippen LogP contribution in [0.25, 0.3) is 0 Å². The molecule has 0 saturated carbocycles. The zero-order valence-electron chi connectivity index (χ0n) is 16.6. The monoisotopic (exact) mass is 479 g/mol. The summed E-state index contributed by atoms with van der Waals surface area (Å²) in [6.45, 7) is 0. The summed E-state index contributed by atoms with van der Waals surface area (Å²) >= 11 is 3.56. The van der Waals surface area contributed by atoms with E-state index >= 15 is 0 Å². The summed E-state index contributed by atoms with van der Waals surface area (Å²) in [6.07, 6.45) is 0.248. The fraction of sp³-hybridized carbons (Fsp3) is 0.174. The van der Waals surface area contributed by atoms with Crippen LogP contribution in [0, 0.1) is 10.1 Å². The third-order valence-corrected chi connectivity index (χ3v) is 6.06. The van der Waals surface area contributed by atoms with E-state index in [4.69, 9.17) is 14.6 Å². The number of hydrogen-bond donors (Lipinski definition) is 0. The van der Waals surface area contributed by atoms with Gasteiger partial charge in [0.15, 0.2) is 0 Å². The molecule has 2 heterocycles. The summed E-state index contributed by atoms with van der Waals surface area (Å²) in [6, 6.07) is 20.2. The Bertz CT molecular complexity index is 1180. The first-order valence-electron chi connectivity index (χ1n) is 9.74. The molecule has 5 rings (SSSR count). The topological polar surface area (TPSA) is 77.2 Å². The molecule has 31 heavy (non-hydrogen) atoms. The molecule has 0 aromatic heterocycles. The second kappa shape index (κ2) is 7.70. The van der Waals surface area contributed by atoms with E-state index < -0.39 is 11.2 Å². The van der Waals surface area contributed by atoms with E-state index in [1.807, 2.05) is 41.4 Å². The van der Waals surface area contributed by atoms with Crippen LogP contribution in [0.4, 0.5) is 5.69 Å². The van der Waals surface area contributed by atoms with E-state index in [9.17, 15) is 10.1 Å². The number of benzene rings is 3. The molecule has 2 aliphatic heterocycles. The highest BCUT2D eigenvalue weighted by molar-refractivity contribution is 9.10. The number of nitro groups is 1. The molecule has 0 unspecified atom stereocenters. The van der Waals surface area contributed by atoms with Gasteiger partial charge in [0.1, 0.15) is 11.5 Å². The van der Waals surface area contributed by atoms with Gasteiger partial charge in [0.05, 0.1) is 23.8 Å². The molecule has 8 heteroatoms. The molecule has 3 aromatic rings. The van der Waals surface area contributed by atoms with Gasteiger partial charge in [-0.15, -0.1) is 0 Å². The number of fused-ring (bicyclic) bond motifs is 3. The van der Waals surface area contributed by atoms with Gasteiger partial charge in [0.2, 0.25) is 6.23 Å². The molecule has 7 nitrogen and oxygen atoms in total. The number of non-ortho nitro benzene ring substituents is 1. The van der Waals surface area contributed by atoms with Crippen LogP contribution in [0.15, 0.2) is 76.3 Å². The van der Waals surface area contributed by atoms with Gasteiger partial charge in [0.25, 0.3) is 5.69 Å². The first kappa shape index (κ1) is 19.6. The lowest BCUT2D eigenvalue weighted by atomic mass is 9.96. The highest BCUT2D eigenvalue weighted by Crippen LogP contribution is 2.48. The molecule has 0 N–H and O–H groups in total. The molecule has 0 bridgehead atoms. The molecule has 0 amide bonds. The average Bonchev–Trinajstić information content (AvgIpc) is 3.24. The first-order valence-corrected chi connectivity index (χ1v) is 10.5. The predicted molar refractivity (Wildman–Crippen MR) is 119 cm³/mol. The fourth-order valence-electron chi connectivity index (χ4n) is 4.00. The predicted octanol–water partition coefficient (Wildman–Crippen LogP) is 5.61. The maximum atomic E-state index is 11.0. The van der Waals surface area contributed by atoms with E-state index in [0.717, 1.165) is 44.8 Å². The molecule has 0 radical (unpaired) electrons. The summed E-state index contributed by atoms with van der Waals surface area (Å²) in [5, 5.41) is 17.9. The van der Waals surface area contributed by atoms with E-state index in [0.29, 0.717) is 0 Å². The SMILES string of the molecule is COc1ccc(C2=NN3[C@@H](C2)c2cc(Br)ccc2O[C@H]3c2ccc([N+](=O)[O-])cc2)cc1. The first-order chi connectivity index (χ1) is 15.0. The third kappa shape index (κ3) is 3.53. The molecule has 3 aromatic carbocycles. The fourth-order valence-corrected chi connectivity index (χ4v) is 4.38. The molecule has 156 valence electrons. The van der Waals surface area contributed by atoms with Gasteiger partial charge in [-0.3, -0.25) is 10.1 Å². The Balaban J connectivity index is 1.55. The maximum Gasteiger partial charge on any atom is 0.269 e. The van der Waals surface area contributed by atoms with Crippen molar-refractivity contribution in [2.45, 2.75) is 18.7 Å². The largest absolute Gasteiger partial charge is 0.497 e. The van der Waals surface area contributed by atoms with E-state index in [2.05, 4.69) is 22.0 Å². The number of nitro benzene ring substituents is 1. The minimum atomic E-state index is -0.477. The van der Waals surface area contributed by atoms with Gasteiger partial charge < -0.3 is 9.47 Å². The van der Waals surface area contributed by atoms with Gasteiger partial charge in [0, 0.05) is 34.2 Å². The second-order valence-corrected chi connectivity index (χ2v) is 8.29. The Morgan fingerprint density at radius 1 is 1.13 bits per heavy atom. The van der Waals surface area contributed by atoms with Crippen LogP contribution in [0.3, 0.4) is 0 Å². The molecule has 2 aliphatic rings. The van der Waals surface area contributed by atoms with Crippen LogP contribution in [0.5, 0.6) is 11.5 Å². The van der Waals surface area contributed by atoms with E-state index in [-0.39, 0.29) is 11.7 Å². The smallest absolute Gasteiger partial charge is 0.269 e. The number of methoxy groups -OCH3 is 1. The van der Waals surface area contributed by atoms with Crippen LogP contribution in [-0.4, -0.2) is 22.8 Å². The van der Waals surface area contributed by atoms with Gasteiger partial charge in [-0.2, -0.15) is 5.10 Å².